The first-order valence-corrected chi connectivity index (χ1v) is 7.11. The molecule has 4 heteroatoms. The summed E-state index contributed by atoms with van der Waals surface area (Å²) in [4.78, 5) is 8.31. The van der Waals surface area contributed by atoms with Crippen LogP contribution in [0, 0.1) is 5.92 Å². The molecule has 0 aromatic carbocycles. The molecule has 0 aliphatic carbocycles. The van der Waals surface area contributed by atoms with Crippen LogP contribution in [0.25, 0.3) is 0 Å². The Morgan fingerprint density at radius 2 is 2.26 bits per heavy atom. The van der Waals surface area contributed by atoms with E-state index in [2.05, 4.69) is 30.7 Å². The summed E-state index contributed by atoms with van der Waals surface area (Å²) in [5.41, 5.74) is 0.793. The van der Waals surface area contributed by atoms with Gasteiger partial charge in [0.05, 0.1) is 35.8 Å². The molecule has 0 radical (unpaired) electrons. The minimum absolute atomic E-state index is 0.0295. The Morgan fingerprint density at radius 3 is 2.89 bits per heavy atom. The van der Waals surface area contributed by atoms with E-state index in [4.69, 9.17) is 9.47 Å². The lowest BCUT2D eigenvalue weighted by Crippen LogP contribution is -2.38. The Bertz CT molecular complexity index is 451. The Labute approximate surface area is 114 Å². The van der Waals surface area contributed by atoms with Crippen LogP contribution in [-0.4, -0.2) is 27.3 Å². The number of fused-ring (bicyclic) bond motifs is 2. The van der Waals surface area contributed by atoms with Gasteiger partial charge in [-0.25, -0.2) is 0 Å². The SMILES string of the molecule is CC(C)C12CCC(C)(O1)C(OCc1cnccn1)C2. The van der Waals surface area contributed by atoms with E-state index in [-0.39, 0.29) is 17.3 Å². The second-order valence-electron chi connectivity index (χ2n) is 6.33. The van der Waals surface area contributed by atoms with Crippen LogP contribution < -0.4 is 0 Å². The molecule has 1 aromatic rings. The zero-order valence-corrected chi connectivity index (χ0v) is 11.9. The fraction of sp³-hybridized carbons (Fsp3) is 0.733. The third-order valence-electron chi connectivity index (χ3n) is 4.79. The number of ether oxygens (including phenoxy) is 2. The van der Waals surface area contributed by atoms with Gasteiger partial charge in [-0.15, -0.1) is 0 Å². The fourth-order valence-electron chi connectivity index (χ4n) is 3.39. The maximum atomic E-state index is 6.35. The van der Waals surface area contributed by atoms with Crippen molar-refractivity contribution in [3.8, 4) is 0 Å². The van der Waals surface area contributed by atoms with Crippen molar-refractivity contribution in [3.05, 3.63) is 24.3 Å². The predicted octanol–water partition coefficient (Wildman–Crippen LogP) is 2.73. The summed E-state index contributed by atoms with van der Waals surface area (Å²) < 4.78 is 12.4. The molecule has 3 rings (SSSR count). The fourth-order valence-corrected chi connectivity index (χ4v) is 3.39. The topological polar surface area (TPSA) is 44.2 Å². The molecule has 2 saturated heterocycles. The van der Waals surface area contributed by atoms with Gasteiger partial charge >= 0.3 is 0 Å². The molecule has 2 aliphatic heterocycles. The Hall–Kier alpha value is -1.00. The highest BCUT2D eigenvalue weighted by atomic mass is 16.6. The van der Waals surface area contributed by atoms with Crippen molar-refractivity contribution in [3.63, 3.8) is 0 Å². The van der Waals surface area contributed by atoms with Crippen LogP contribution in [0.1, 0.15) is 45.7 Å². The highest BCUT2D eigenvalue weighted by Crippen LogP contribution is 2.55. The first-order valence-electron chi connectivity index (χ1n) is 7.11. The molecule has 0 saturated carbocycles. The van der Waals surface area contributed by atoms with E-state index in [1.165, 1.54) is 0 Å². The molecule has 2 bridgehead atoms. The predicted molar refractivity (Wildman–Crippen MR) is 71.5 cm³/mol. The van der Waals surface area contributed by atoms with Crippen LogP contribution in [0.5, 0.6) is 0 Å². The Balaban J connectivity index is 1.67. The molecule has 3 unspecified atom stereocenters. The minimum Gasteiger partial charge on any atom is -0.369 e. The largest absolute Gasteiger partial charge is 0.369 e. The molecule has 1 aromatic heterocycles. The van der Waals surface area contributed by atoms with E-state index >= 15 is 0 Å². The standard InChI is InChI=1S/C15H22N2O2/c1-11(2)15-5-4-14(3,19-15)13(8-15)18-10-12-9-16-6-7-17-12/h6-7,9,11,13H,4-5,8,10H2,1-3H3. The molecule has 19 heavy (non-hydrogen) atoms. The third-order valence-corrected chi connectivity index (χ3v) is 4.79. The summed E-state index contributed by atoms with van der Waals surface area (Å²) in [6.07, 6.45) is 8.57. The Morgan fingerprint density at radius 1 is 1.42 bits per heavy atom. The van der Waals surface area contributed by atoms with Crippen molar-refractivity contribution < 1.29 is 9.47 Å². The summed E-state index contributed by atoms with van der Waals surface area (Å²) in [6, 6.07) is 0. The summed E-state index contributed by atoms with van der Waals surface area (Å²) in [5, 5.41) is 0. The van der Waals surface area contributed by atoms with Crippen molar-refractivity contribution in [2.75, 3.05) is 0 Å². The van der Waals surface area contributed by atoms with Crippen molar-refractivity contribution in [1.29, 1.82) is 0 Å². The third kappa shape index (κ3) is 2.17. The molecular formula is C15H22N2O2. The van der Waals surface area contributed by atoms with Gasteiger partial charge in [-0.2, -0.15) is 0 Å². The number of rotatable bonds is 4. The zero-order valence-electron chi connectivity index (χ0n) is 11.9. The van der Waals surface area contributed by atoms with Crippen molar-refractivity contribution in [2.45, 2.75) is 63.9 Å². The van der Waals surface area contributed by atoms with Gasteiger partial charge in [-0.3, -0.25) is 9.97 Å². The first kappa shape index (κ1) is 13.0. The highest BCUT2D eigenvalue weighted by Gasteiger charge is 2.60. The smallest absolute Gasteiger partial charge is 0.0925 e. The summed E-state index contributed by atoms with van der Waals surface area (Å²) in [7, 11) is 0. The monoisotopic (exact) mass is 262 g/mol. The molecular weight excluding hydrogens is 240 g/mol. The van der Waals surface area contributed by atoms with Gasteiger partial charge < -0.3 is 9.47 Å². The van der Waals surface area contributed by atoms with Crippen LogP contribution in [0.4, 0.5) is 0 Å². The quantitative estimate of drug-likeness (QED) is 0.837. The van der Waals surface area contributed by atoms with E-state index in [1.807, 2.05) is 0 Å². The van der Waals surface area contributed by atoms with Crippen molar-refractivity contribution in [2.24, 2.45) is 5.92 Å². The van der Waals surface area contributed by atoms with Gasteiger partial charge in [0.1, 0.15) is 0 Å². The van der Waals surface area contributed by atoms with Crippen LogP contribution >= 0.6 is 0 Å². The summed E-state index contributed by atoms with van der Waals surface area (Å²) >= 11 is 0. The lowest BCUT2D eigenvalue weighted by Gasteiger charge is -2.31. The molecule has 2 aliphatic rings. The lowest BCUT2D eigenvalue weighted by molar-refractivity contribution is -0.0963. The van der Waals surface area contributed by atoms with Gasteiger partial charge in [0.15, 0.2) is 0 Å². The average molecular weight is 262 g/mol. The van der Waals surface area contributed by atoms with Crippen molar-refractivity contribution >= 4 is 0 Å². The number of aromatic nitrogens is 2. The van der Waals surface area contributed by atoms with E-state index in [0.29, 0.717) is 12.5 Å². The van der Waals surface area contributed by atoms with Crippen LogP contribution in [0.2, 0.25) is 0 Å². The minimum atomic E-state index is -0.119. The van der Waals surface area contributed by atoms with Gasteiger partial charge in [0.25, 0.3) is 0 Å². The summed E-state index contributed by atoms with van der Waals surface area (Å²) in [5.74, 6) is 0.541. The van der Waals surface area contributed by atoms with E-state index < -0.39 is 0 Å². The van der Waals surface area contributed by atoms with E-state index in [9.17, 15) is 0 Å². The molecule has 2 fully saturated rings. The Kier molecular flexibility index (Phi) is 3.10. The van der Waals surface area contributed by atoms with Gasteiger partial charge in [0.2, 0.25) is 0 Å². The second-order valence-corrected chi connectivity index (χ2v) is 6.33. The second kappa shape index (κ2) is 4.53. The zero-order chi connectivity index (χ0) is 13.5. The molecule has 0 spiro atoms. The number of hydrogen-bond donors (Lipinski definition) is 0. The van der Waals surface area contributed by atoms with Crippen LogP contribution in [0.15, 0.2) is 18.6 Å². The lowest BCUT2D eigenvalue weighted by atomic mass is 9.75. The molecule has 0 amide bonds. The van der Waals surface area contributed by atoms with Gasteiger partial charge in [-0.05, 0) is 25.7 Å². The van der Waals surface area contributed by atoms with Crippen molar-refractivity contribution in [1.82, 2.24) is 9.97 Å². The number of hydrogen-bond acceptors (Lipinski definition) is 4. The maximum Gasteiger partial charge on any atom is 0.0925 e. The molecule has 0 N–H and O–H groups in total. The summed E-state index contributed by atoms with van der Waals surface area (Å²) in [6.45, 7) is 7.20. The van der Waals surface area contributed by atoms with E-state index in [1.54, 1.807) is 18.6 Å². The van der Waals surface area contributed by atoms with Gasteiger partial charge in [0, 0.05) is 18.8 Å². The van der Waals surface area contributed by atoms with E-state index in [0.717, 1.165) is 25.0 Å². The van der Waals surface area contributed by atoms with Crippen LogP contribution in [0.3, 0.4) is 0 Å². The average Bonchev–Trinajstić information content (AvgIpc) is 2.90. The molecule has 4 nitrogen and oxygen atoms in total. The normalized spacial score (nSPS) is 37.2. The first-order chi connectivity index (χ1) is 9.04. The number of nitrogens with zero attached hydrogens (tertiary/aromatic N) is 2. The molecule has 3 heterocycles. The van der Waals surface area contributed by atoms with Gasteiger partial charge in [-0.1, -0.05) is 13.8 Å². The highest BCUT2D eigenvalue weighted by molar-refractivity contribution is 5.10. The maximum absolute atomic E-state index is 6.35. The van der Waals surface area contributed by atoms with Crippen LogP contribution in [-0.2, 0) is 16.1 Å². The molecule has 104 valence electrons. The molecule has 3 atom stereocenters.